The Labute approximate surface area is 323 Å². The molecule has 0 heterocycles. The number of ether oxygens (including phenoxy) is 2. The molecule has 0 aliphatic rings. The summed E-state index contributed by atoms with van der Waals surface area (Å²) < 4.78 is 11.8. The third kappa shape index (κ3) is 27.7. The van der Waals surface area contributed by atoms with Crippen molar-refractivity contribution in [1.82, 2.24) is 4.90 Å². The Balaban J connectivity index is 2.70. The maximum atomic E-state index is 13.0. The van der Waals surface area contributed by atoms with Gasteiger partial charge in [0.2, 0.25) is 0 Å². The zero-order chi connectivity index (χ0) is 38.1. The molecule has 5 heteroatoms. The van der Waals surface area contributed by atoms with Crippen LogP contribution in [0.4, 0.5) is 0 Å². The van der Waals surface area contributed by atoms with Crippen LogP contribution in [0.1, 0.15) is 226 Å². The van der Waals surface area contributed by atoms with Crippen molar-refractivity contribution in [3.8, 4) is 11.5 Å². The van der Waals surface area contributed by atoms with Crippen molar-refractivity contribution in [2.75, 3.05) is 14.1 Å². The first-order valence-corrected chi connectivity index (χ1v) is 22.5. The van der Waals surface area contributed by atoms with E-state index in [4.69, 9.17) is 9.47 Å². The fourth-order valence-corrected chi connectivity index (χ4v) is 7.65. The van der Waals surface area contributed by atoms with Crippen LogP contribution in [0.15, 0.2) is 18.2 Å². The number of hydrogen-bond acceptors (Lipinski definition) is 5. The summed E-state index contributed by atoms with van der Waals surface area (Å²) in [7, 11) is 4.02. The van der Waals surface area contributed by atoms with Gasteiger partial charge in [-0.2, -0.15) is 0 Å². The van der Waals surface area contributed by atoms with Crippen LogP contribution < -0.4 is 9.47 Å². The first kappa shape index (κ1) is 48.1. The Kier molecular flexibility index (Phi) is 31.2. The largest absolute Gasteiger partial charge is 0.426 e. The third-order valence-electron chi connectivity index (χ3n) is 10.8. The number of carbonyl (C=O) groups is 2. The molecule has 0 N–H and O–H groups in total. The lowest BCUT2D eigenvalue weighted by Crippen LogP contribution is -2.13. The summed E-state index contributed by atoms with van der Waals surface area (Å²) in [4.78, 5) is 28.2. The predicted molar refractivity (Wildman–Crippen MR) is 223 cm³/mol. The maximum Gasteiger partial charge on any atom is 0.311 e. The molecule has 0 spiro atoms. The van der Waals surface area contributed by atoms with Gasteiger partial charge in [-0.3, -0.25) is 9.59 Å². The number of hydrogen-bond donors (Lipinski definition) is 0. The van der Waals surface area contributed by atoms with Gasteiger partial charge in [0.1, 0.15) is 11.5 Å². The van der Waals surface area contributed by atoms with E-state index < -0.39 is 0 Å². The molecule has 0 amide bonds. The minimum absolute atomic E-state index is 0.195. The van der Waals surface area contributed by atoms with Gasteiger partial charge in [-0.25, -0.2) is 0 Å². The van der Waals surface area contributed by atoms with Crippen LogP contribution in [0.5, 0.6) is 11.5 Å². The highest BCUT2D eigenvalue weighted by atomic mass is 16.5. The lowest BCUT2D eigenvalue weighted by Gasteiger charge is -2.17. The molecule has 0 atom stereocenters. The second-order valence-electron chi connectivity index (χ2n) is 16.3. The van der Waals surface area contributed by atoms with Crippen molar-refractivity contribution in [2.45, 2.75) is 227 Å². The molecular weight excluding hydrogens is 643 g/mol. The van der Waals surface area contributed by atoms with E-state index >= 15 is 0 Å². The summed E-state index contributed by atoms with van der Waals surface area (Å²) in [5.74, 6) is 1.97. The van der Waals surface area contributed by atoms with Gasteiger partial charge in [-0.05, 0) is 69.3 Å². The fraction of sp³-hybridized carbons (Fsp3) is 0.830. The van der Waals surface area contributed by atoms with Crippen LogP contribution >= 0.6 is 0 Å². The normalized spacial score (nSPS) is 11.6. The summed E-state index contributed by atoms with van der Waals surface area (Å²) in [6.07, 6.45) is 36.3. The number of rotatable bonds is 36. The number of esters is 2. The molecule has 0 saturated carbocycles. The molecule has 0 radical (unpaired) electrons. The monoisotopic (exact) mass is 728 g/mol. The second kappa shape index (κ2) is 33.7. The van der Waals surface area contributed by atoms with Crippen LogP contribution in [0.3, 0.4) is 0 Å². The molecule has 0 aliphatic carbocycles. The molecule has 1 aromatic rings. The van der Waals surface area contributed by atoms with E-state index in [1.807, 2.05) is 26.2 Å². The fourth-order valence-electron chi connectivity index (χ4n) is 7.65. The molecule has 0 aromatic heterocycles. The van der Waals surface area contributed by atoms with E-state index in [0.717, 1.165) is 31.2 Å². The second-order valence-corrected chi connectivity index (χ2v) is 16.3. The summed E-state index contributed by atoms with van der Waals surface area (Å²) in [6.45, 7) is 9.76. The topological polar surface area (TPSA) is 55.8 Å². The summed E-state index contributed by atoms with van der Waals surface area (Å²) >= 11 is 0. The standard InChI is InChI=1S/C47H85NO4/c1-7-11-15-19-23-29-41(30-24-20-16-12-8-2)33-27-35-46(49)51-44-37-43(40-48(5)6)38-45(39-44)52-47(50)36-28-34-42(31-25-21-17-13-9-3)32-26-22-18-14-10-4/h37-39,41-42H,7-36,40H2,1-6H3. The van der Waals surface area contributed by atoms with Crippen LogP contribution in [0.25, 0.3) is 0 Å². The number of carbonyl (C=O) groups excluding carboxylic acids is 2. The Morgan fingerprint density at radius 3 is 1.08 bits per heavy atom. The Bertz CT molecular complexity index is 893. The van der Waals surface area contributed by atoms with Crippen LogP contribution in [0.2, 0.25) is 0 Å². The van der Waals surface area contributed by atoms with Gasteiger partial charge in [0.05, 0.1) is 0 Å². The molecule has 0 saturated heterocycles. The highest BCUT2D eigenvalue weighted by Crippen LogP contribution is 2.28. The van der Waals surface area contributed by atoms with Crippen molar-refractivity contribution < 1.29 is 19.1 Å². The zero-order valence-corrected chi connectivity index (χ0v) is 35.4. The first-order valence-electron chi connectivity index (χ1n) is 22.5. The summed E-state index contributed by atoms with van der Waals surface area (Å²) in [6, 6.07) is 5.55. The minimum Gasteiger partial charge on any atom is -0.426 e. The van der Waals surface area contributed by atoms with E-state index in [-0.39, 0.29) is 11.9 Å². The van der Waals surface area contributed by atoms with Crippen molar-refractivity contribution in [3.05, 3.63) is 23.8 Å². The van der Waals surface area contributed by atoms with Gasteiger partial charge in [0.25, 0.3) is 0 Å². The van der Waals surface area contributed by atoms with E-state index in [9.17, 15) is 9.59 Å². The van der Waals surface area contributed by atoms with Crippen LogP contribution in [-0.2, 0) is 16.1 Å². The Morgan fingerprint density at radius 1 is 0.462 bits per heavy atom. The molecule has 5 nitrogen and oxygen atoms in total. The third-order valence-corrected chi connectivity index (χ3v) is 10.8. The highest BCUT2D eigenvalue weighted by molar-refractivity contribution is 5.74. The average molecular weight is 728 g/mol. The quantitative estimate of drug-likeness (QED) is 0.0391. The predicted octanol–water partition coefficient (Wildman–Crippen LogP) is 14.6. The van der Waals surface area contributed by atoms with E-state index in [1.165, 1.54) is 154 Å². The van der Waals surface area contributed by atoms with Crippen molar-refractivity contribution in [1.29, 1.82) is 0 Å². The lowest BCUT2D eigenvalue weighted by atomic mass is 9.90. The van der Waals surface area contributed by atoms with Gasteiger partial charge in [0, 0.05) is 25.5 Å². The van der Waals surface area contributed by atoms with Gasteiger partial charge in [0.15, 0.2) is 0 Å². The van der Waals surface area contributed by atoms with Gasteiger partial charge < -0.3 is 14.4 Å². The SMILES string of the molecule is CCCCCCCC(CCCCCCC)CCCC(=O)Oc1cc(CN(C)C)cc(OC(=O)CCCC(CCCCCCC)CCCCCCC)c1. The Morgan fingerprint density at radius 2 is 0.769 bits per heavy atom. The van der Waals surface area contributed by atoms with Gasteiger partial charge in [-0.15, -0.1) is 0 Å². The lowest BCUT2D eigenvalue weighted by molar-refractivity contribution is -0.135. The molecule has 0 unspecified atom stereocenters. The molecule has 0 aliphatic heterocycles. The summed E-state index contributed by atoms with van der Waals surface area (Å²) in [5, 5.41) is 0. The van der Waals surface area contributed by atoms with Crippen molar-refractivity contribution in [3.63, 3.8) is 0 Å². The molecule has 1 rings (SSSR count). The smallest absolute Gasteiger partial charge is 0.311 e. The van der Waals surface area contributed by atoms with Crippen molar-refractivity contribution >= 4 is 11.9 Å². The number of unbranched alkanes of at least 4 members (excludes halogenated alkanes) is 16. The van der Waals surface area contributed by atoms with Gasteiger partial charge >= 0.3 is 11.9 Å². The zero-order valence-electron chi connectivity index (χ0n) is 35.4. The summed E-state index contributed by atoms with van der Waals surface area (Å²) in [5.41, 5.74) is 0.968. The number of benzene rings is 1. The maximum absolute atomic E-state index is 13.0. The van der Waals surface area contributed by atoms with Gasteiger partial charge in [-0.1, -0.05) is 182 Å². The molecule has 0 bridgehead atoms. The number of nitrogens with zero attached hydrogens (tertiary/aromatic N) is 1. The van der Waals surface area contributed by atoms with E-state index in [0.29, 0.717) is 42.7 Å². The molecule has 1 aromatic carbocycles. The average Bonchev–Trinajstić information content (AvgIpc) is 3.10. The highest BCUT2D eigenvalue weighted by Gasteiger charge is 2.15. The van der Waals surface area contributed by atoms with Crippen LogP contribution in [-0.4, -0.2) is 30.9 Å². The first-order chi connectivity index (χ1) is 25.3. The minimum atomic E-state index is -0.195. The van der Waals surface area contributed by atoms with E-state index in [1.54, 1.807) is 6.07 Å². The molecule has 52 heavy (non-hydrogen) atoms. The molecule has 302 valence electrons. The Hall–Kier alpha value is -1.88. The van der Waals surface area contributed by atoms with Crippen LogP contribution in [0, 0.1) is 11.8 Å². The molecular formula is C47H85NO4. The molecule has 0 fully saturated rings. The van der Waals surface area contributed by atoms with E-state index in [2.05, 4.69) is 32.6 Å². The van der Waals surface area contributed by atoms with Crippen molar-refractivity contribution in [2.24, 2.45) is 11.8 Å².